The van der Waals surface area contributed by atoms with Crippen molar-refractivity contribution in [3.05, 3.63) is 71.3 Å². The summed E-state index contributed by atoms with van der Waals surface area (Å²) in [6.07, 6.45) is 0. The molecule has 0 spiro atoms. The Labute approximate surface area is 113 Å². The zero-order valence-electron chi connectivity index (χ0n) is 10.5. The Morgan fingerprint density at radius 3 is 2.37 bits per heavy atom. The molecule has 100 valence electrons. The van der Waals surface area contributed by atoms with Crippen LogP contribution in [0.1, 0.15) is 23.3 Å². The molecule has 0 aliphatic carbocycles. The lowest BCUT2D eigenvalue weighted by atomic mass is 10.2. The van der Waals surface area contributed by atoms with Crippen LogP contribution < -0.4 is 0 Å². The van der Waals surface area contributed by atoms with E-state index in [9.17, 15) is 13.0 Å². The summed E-state index contributed by atoms with van der Waals surface area (Å²) >= 11 is 0. The van der Waals surface area contributed by atoms with Crippen molar-refractivity contribution in [1.82, 2.24) is 0 Å². The van der Waals surface area contributed by atoms with E-state index in [1.165, 1.54) is 24.3 Å². The molecule has 0 aliphatic heterocycles. The number of rotatable bonds is 4. The van der Waals surface area contributed by atoms with Crippen LogP contribution in [-0.4, -0.2) is 4.21 Å². The molecule has 0 heterocycles. The Bertz CT molecular complexity index is 581. The molecule has 2 aromatic rings. The van der Waals surface area contributed by atoms with Gasteiger partial charge in [-0.05, 0) is 42.3 Å². The van der Waals surface area contributed by atoms with Gasteiger partial charge in [-0.25, -0.2) is 8.78 Å². The topological polar surface area (TPSA) is 17.1 Å². The van der Waals surface area contributed by atoms with E-state index in [-0.39, 0.29) is 22.6 Å². The highest BCUT2D eigenvalue weighted by Gasteiger charge is 2.14. The first-order chi connectivity index (χ1) is 9.06. The van der Waals surface area contributed by atoms with Crippen LogP contribution in [0.4, 0.5) is 8.78 Å². The predicted octanol–water partition coefficient (Wildman–Crippen LogP) is 3.97. The average Bonchev–Trinajstić information content (AvgIpc) is 2.39. The smallest absolute Gasteiger partial charge is 0.123 e. The molecule has 0 aromatic heterocycles. The Kier molecular flexibility index (Phi) is 4.43. The fourth-order valence-electron chi connectivity index (χ4n) is 1.80. The van der Waals surface area contributed by atoms with E-state index in [2.05, 4.69) is 0 Å². The van der Waals surface area contributed by atoms with E-state index < -0.39 is 10.8 Å². The molecule has 0 bridgehead atoms. The van der Waals surface area contributed by atoms with Crippen LogP contribution in [0.2, 0.25) is 0 Å². The normalized spacial score (nSPS) is 14.1. The van der Waals surface area contributed by atoms with Gasteiger partial charge in [-0.3, -0.25) is 4.21 Å². The van der Waals surface area contributed by atoms with Crippen LogP contribution in [0.5, 0.6) is 0 Å². The zero-order chi connectivity index (χ0) is 13.8. The second-order valence-electron chi connectivity index (χ2n) is 4.35. The third kappa shape index (κ3) is 3.70. The van der Waals surface area contributed by atoms with Gasteiger partial charge in [-0.2, -0.15) is 0 Å². The first-order valence-electron chi connectivity index (χ1n) is 5.93. The maximum atomic E-state index is 13.0. The fraction of sp³-hybridized carbons (Fsp3) is 0.200. The maximum Gasteiger partial charge on any atom is 0.123 e. The summed E-state index contributed by atoms with van der Waals surface area (Å²) < 4.78 is 38.1. The third-order valence-corrected chi connectivity index (χ3v) is 4.61. The molecular weight excluding hydrogens is 266 g/mol. The van der Waals surface area contributed by atoms with Crippen LogP contribution >= 0.6 is 0 Å². The van der Waals surface area contributed by atoms with Crippen LogP contribution in [0, 0.1) is 11.6 Å². The van der Waals surface area contributed by atoms with E-state index in [0.717, 1.165) is 5.56 Å². The van der Waals surface area contributed by atoms with E-state index >= 15 is 0 Å². The third-order valence-electron chi connectivity index (χ3n) is 2.93. The standard InChI is InChI=1S/C15H14F2OS/c1-11(13-5-7-14(16)8-6-13)19(18)10-12-3-2-4-15(17)9-12/h2-9,11H,10H2,1H3. The van der Waals surface area contributed by atoms with E-state index in [0.29, 0.717) is 5.56 Å². The summed E-state index contributed by atoms with van der Waals surface area (Å²) in [5, 5.41) is -0.219. The molecule has 2 atom stereocenters. The molecule has 0 saturated carbocycles. The molecule has 1 nitrogen and oxygen atoms in total. The van der Waals surface area contributed by atoms with Crippen molar-refractivity contribution in [3.8, 4) is 0 Å². The van der Waals surface area contributed by atoms with Crippen molar-refractivity contribution in [1.29, 1.82) is 0 Å². The minimum atomic E-state index is -1.17. The van der Waals surface area contributed by atoms with E-state index in [1.54, 1.807) is 24.3 Å². The molecule has 0 aliphatic rings. The summed E-state index contributed by atoms with van der Waals surface area (Å²) in [5.41, 5.74) is 1.52. The molecule has 0 saturated heterocycles. The SMILES string of the molecule is CC(c1ccc(F)cc1)S(=O)Cc1cccc(F)c1. The largest absolute Gasteiger partial charge is 0.259 e. The van der Waals surface area contributed by atoms with Crippen molar-refractivity contribution >= 4 is 10.8 Å². The van der Waals surface area contributed by atoms with Crippen molar-refractivity contribution < 1.29 is 13.0 Å². The van der Waals surface area contributed by atoms with Crippen LogP contribution in [0.15, 0.2) is 48.5 Å². The van der Waals surface area contributed by atoms with E-state index in [1.807, 2.05) is 6.92 Å². The summed E-state index contributed by atoms with van der Waals surface area (Å²) in [4.78, 5) is 0. The second kappa shape index (κ2) is 6.06. The van der Waals surface area contributed by atoms with Crippen LogP contribution in [0.3, 0.4) is 0 Å². The lowest BCUT2D eigenvalue weighted by molar-refractivity contribution is 0.625. The summed E-state index contributed by atoms with van der Waals surface area (Å²) in [6.45, 7) is 1.82. The fourth-order valence-corrected chi connectivity index (χ4v) is 3.02. The summed E-state index contributed by atoms with van der Waals surface area (Å²) in [7, 11) is -1.17. The van der Waals surface area contributed by atoms with Gasteiger partial charge in [0.05, 0.1) is 5.25 Å². The summed E-state index contributed by atoms with van der Waals surface area (Å²) in [6, 6.07) is 12.1. The average molecular weight is 280 g/mol. The predicted molar refractivity (Wildman–Crippen MR) is 73.1 cm³/mol. The van der Waals surface area contributed by atoms with Gasteiger partial charge in [0.15, 0.2) is 0 Å². The number of hydrogen-bond acceptors (Lipinski definition) is 1. The Morgan fingerprint density at radius 1 is 1.05 bits per heavy atom. The maximum absolute atomic E-state index is 13.0. The highest BCUT2D eigenvalue weighted by molar-refractivity contribution is 7.84. The van der Waals surface area contributed by atoms with Gasteiger partial charge in [0.1, 0.15) is 11.6 Å². The molecule has 2 rings (SSSR count). The molecule has 0 N–H and O–H groups in total. The molecule has 2 aromatic carbocycles. The minimum absolute atomic E-state index is 0.219. The van der Waals surface area contributed by atoms with Gasteiger partial charge in [0.2, 0.25) is 0 Å². The molecule has 19 heavy (non-hydrogen) atoms. The molecule has 0 amide bonds. The number of hydrogen-bond donors (Lipinski definition) is 0. The van der Waals surface area contributed by atoms with Crippen molar-refractivity contribution in [2.45, 2.75) is 17.9 Å². The molecule has 0 radical (unpaired) electrons. The quantitative estimate of drug-likeness (QED) is 0.828. The number of benzene rings is 2. The van der Waals surface area contributed by atoms with Crippen molar-refractivity contribution in [2.24, 2.45) is 0 Å². The van der Waals surface area contributed by atoms with Gasteiger partial charge < -0.3 is 0 Å². The first-order valence-corrected chi connectivity index (χ1v) is 7.31. The van der Waals surface area contributed by atoms with E-state index in [4.69, 9.17) is 0 Å². The molecular formula is C15H14F2OS. The molecule has 0 fully saturated rings. The highest BCUT2D eigenvalue weighted by atomic mass is 32.2. The Balaban J connectivity index is 2.09. The van der Waals surface area contributed by atoms with Crippen LogP contribution in [-0.2, 0) is 16.6 Å². The minimum Gasteiger partial charge on any atom is -0.259 e. The Hall–Kier alpha value is -1.55. The van der Waals surface area contributed by atoms with Gasteiger partial charge in [0, 0.05) is 16.6 Å². The summed E-state index contributed by atoms with van der Waals surface area (Å²) in [5.74, 6) is -0.355. The van der Waals surface area contributed by atoms with Gasteiger partial charge in [0.25, 0.3) is 0 Å². The van der Waals surface area contributed by atoms with Gasteiger partial charge in [-0.1, -0.05) is 24.3 Å². The zero-order valence-corrected chi connectivity index (χ0v) is 11.3. The highest BCUT2D eigenvalue weighted by Crippen LogP contribution is 2.22. The molecule has 4 heteroatoms. The molecule has 2 unspecified atom stereocenters. The van der Waals surface area contributed by atoms with Crippen molar-refractivity contribution in [3.63, 3.8) is 0 Å². The lowest BCUT2D eigenvalue weighted by Crippen LogP contribution is -2.05. The first kappa shape index (κ1) is 13.9. The Morgan fingerprint density at radius 2 is 1.74 bits per heavy atom. The monoisotopic (exact) mass is 280 g/mol. The second-order valence-corrected chi connectivity index (χ2v) is 6.11. The lowest BCUT2D eigenvalue weighted by Gasteiger charge is -2.12. The van der Waals surface area contributed by atoms with Gasteiger partial charge >= 0.3 is 0 Å². The van der Waals surface area contributed by atoms with Crippen molar-refractivity contribution in [2.75, 3.05) is 0 Å². The van der Waals surface area contributed by atoms with Gasteiger partial charge in [-0.15, -0.1) is 0 Å². The number of halogens is 2. The van der Waals surface area contributed by atoms with Crippen LogP contribution in [0.25, 0.3) is 0 Å².